The number of aliphatic hydroxyl groups excluding tert-OH is 1. The van der Waals surface area contributed by atoms with Crippen molar-refractivity contribution >= 4 is 52.9 Å². The number of thiophene rings is 1. The van der Waals surface area contributed by atoms with Crippen LogP contribution in [0.15, 0.2) is 17.1 Å². The summed E-state index contributed by atoms with van der Waals surface area (Å²) in [5, 5.41) is 13.1. The van der Waals surface area contributed by atoms with Gasteiger partial charge in [-0.1, -0.05) is 11.6 Å². The van der Waals surface area contributed by atoms with E-state index in [1.807, 2.05) is 6.07 Å². The van der Waals surface area contributed by atoms with Gasteiger partial charge in [0.05, 0.1) is 10.4 Å². The maximum atomic E-state index is 9.61. The number of likely N-dealkylation sites (tertiary alicyclic amines) is 1. The van der Waals surface area contributed by atoms with E-state index in [0.29, 0.717) is 0 Å². The second-order valence-electron chi connectivity index (χ2n) is 7.63. The molecular formula is C20H35ClIN5OS. The van der Waals surface area contributed by atoms with Gasteiger partial charge in [0, 0.05) is 63.8 Å². The highest BCUT2D eigenvalue weighted by Gasteiger charge is 2.20. The second-order valence-corrected chi connectivity index (χ2v) is 9.43. The molecule has 1 aromatic heterocycles. The average Bonchev–Trinajstić information content (AvgIpc) is 3.11. The van der Waals surface area contributed by atoms with E-state index < -0.39 is 0 Å². The molecule has 9 heteroatoms. The molecule has 0 radical (unpaired) electrons. The highest BCUT2D eigenvalue weighted by Crippen LogP contribution is 2.23. The van der Waals surface area contributed by atoms with E-state index in [1.165, 1.54) is 4.88 Å². The van der Waals surface area contributed by atoms with Gasteiger partial charge >= 0.3 is 0 Å². The third kappa shape index (κ3) is 8.49. The van der Waals surface area contributed by atoms with Gasteiger partial charge in [-0.3, -0.25) is 9.89 Å². The Labute approximate surface area is 201 Å². The molecule has 0 aromatic carbocycles. The zero-order valence-corrected chi connectivity index (χ0v) is 21.3. The van der Waals surface area contributed by atoms with Gasteiger partial charge in [0.15, 0.2) is 5.96 Å². The van der Waals surface area contributed by atoms with Gasteiger partial charge in [-0.25, -0.2) is 0 Å². The smallest absolute Gasteiger partial charge is 0.194 e. The number of piperidine rings is 1. The zero-order valence-electron chi connectivity index (χ0n) is 17.4. The predicted octanol–water partition coefficient (Wildman–Crippen LogP) is 2.95. The molecule has 6 nitrogen and oxygen atoms in total. The van der Waals surface area contributed by atoms with Crippen LogP contribution >= 0.6 is 46.9 Å². The Morgan fingerprint density at radius 1 is 1.17 bits per heavy atom. The summed E-state index contributed by atoms with van der Waals surface area (Å²) in [6.07, 6.45) is 2.80. The number of nitrogens with one attached hydrogen (secondary N) is 1. The molecule has 0 spiro atoms. The lowest BCUT2D eigenvalue weighted by atomic mass is 10.1. The molecule has 3 rings (SSSR count). The summed E-state index contributed by atoms with van der Waals surface area (Å²) in [5.74, 6) is 1.05. The molecule has 2 aliphatic heterocycles. The fourth-order valence-corrected chi connectivity index (χ4v) is 4.95. The van der Waals surface area contributed by atoms with Crippen molar-refractivity contribution in [2.24, 2.45) is 4.99 Å². The van der Waals surface area contributed by atoms with E-state index in [1.54, 1.807) is 11.3 Å². The molecule has 29 heavy (non-hydrogen) atoms. The summed E-state index contributed by atoms with van der Waals surface area (Å²) in [6, 6.07) is 4.12. The molecule has 0 saturated carbocycles. The molecule has 1 aromatic rings. The number of hydrogen-bond donors (Lipinski definition) is 2. The van der Waals surface area contributed by atoms with E-state index in [2.05, 4.69) is 33.0 Å². The van der Waals surface area contributed by atoms with Crippen molar-refractivity contribution in [3.05, 3.63) is 21.3 Å². The van der Waals surface area contributed by atoms with Crippen LogP contribution in [0.2, 0.25) is 4.34 Å². The first-order valence-electron chi connectivity index (χ1n) is 10.5. The Balaban J connectivity index is 0.00000300. The lowest BCUT2D eigenvalue weighted by Crippen LogP contribution is -2.52. The Hall–Kier alpha value is -0.130. The van der Waals surface area contributed by atoms with Crippen LogP contribution in [-0.4, -0.2) is 90.8 Å². The van der Waals surface area contributed by atoms with Gasteiger partial charge in [-0.15, -0.1) is 35.3 Å². The number of aliphatic hydroxyl groups is 1. The van der Waals surface area contributed by atoms with Gasteiger partial charge in [0.25, 0.3) is 0 Å². The Kier molecular flexibility index (Phi) is 11.5. The predicted molar refractivity (Wildman–Crippen MR) is 134 cm³/mol. The number of rotatable bonds is 7. The van der Waals surface area contributed by atoms with Gasteiger partial charge in [0.1, 0.15) is 0 Å². The molecule has 0 unspecified atom stereocenters. The lowest BCUT2D eigenvalue weighted by Gasteiger charge is -2.36. The van der Waals surface area contributed by atoms with Crippen molar-refractivity contribution < 1.29 is 5.11 Å². The minimum atomic E-state index is -0.0925. The maximum Gasteiger partial charge on any atom is 0.194 e. The van der Waals surface area contributed by atoms with E-state index in [0.717, 1.165) is 95.0 Å². The van der Waals surface area contributed by atoms with E-state index >= 15 is 0 Å². The van der Waals surface area contributed by atoms with Crippen molar-refractivity contribution in [1.29, 1.82) is 0 Å². The molecule has 0 atom stereocenters. The van der Waals surface area contributed by atoms with Crippen molar-refractivity contribution in [3.8, 4) is 0 Å². The Morgan fingerprint density at radius 2 is 1.90 bits per heavy atom. The molecule has 166 valence electrons. The first-order chi connectivity index (χ1) is 13.6. The average molecular weight is 556 g/mol. The van der Waals surface area contributed by atoms with Crippen LogP contribution in [0.3, 0.4) is 0 Å². The summed E-state index contributed by atoms with van der Waals surface area (Å²) in [6.45, 7) is 12.1. The summed E-state index contributed by atoms with van der Waals surface area (Å²) < 4.78 is 0.871. The van der Waals surface area contributed by atoms with Crippen LogP contribution in [0, 0.1) is 0 Å². The lowest BCUT2D eigenvalue weighted by molar-refractivity contribution is 0.0824. The summed E-state index contributed by atoms with van der Waals surface area (Å²) >= 11 is 7.73. The number of nitrogens with zero attached hydrogens (tertiary/aromatic N) is 4. The number of hydrogen-bond acceptors (Lipinski definition) is 5. The minimum absolute atomic E-state index is 0. The van der Waals surface area contributed by atoms with Crippen molar-refractivity contribution in [2.75, 3.05) is 58.9 Å². The molecule has 3 heterocycles. The van der Waals surface area contributed by atoms with Crippen LogP contribution in [0.25, 0.3) is 0 Å². The van der Waals surface area contributed by atoms with E-state index in [9.17, 15) is 5.11 Å². The fraction of sp³-hybridized carbons (Fsp3) is 0.750. The van der Waals surface area contributed by atoms with E-state index in [-0.39, 0.29) is 30.1 Å². The highest BCUT2D eigenvalue weighted by atomic mass is 127. The normalized spacial score (nSPS) is 20.0. The van der Waals surface area contributed by atoms with Crippen LogP contribution in [0.1, 0.15) is 31.1 Å². The first kappa shape index (κ1) is 25.1. The monoisotopic (exact) mass is 555 g/mol. The number of piperazine rings is 1. The third-order valence-corrected chi connectivity index (χ3v) is 6.68. The molecule has 0 bridgehead atoms. The molecule has 2 aliphatic rings. The summed E-state index contributed by atoms with van der Waals surface area (Å²) in [5.41, 5.74) is 0. The molecule has 2 fully saturated rings. The Morgan fingerprint density at radius 3 is 2.52 bits per heavy atom. The van der Waals surface area contributed by atoms with Gasteiger partial charge in [-0.2, -0.15) is 0 Å². The molecular weight excluding hydrogens is 521 g/mol. The van der Waals surface area contributed by atoms with Gasteiger partial charge in [-0.05, 0) is 44.9 Å². The maximum absolute atomic E-state index is 9.61. The van der Waals surface area contributed by atoms with Crippen molar-refractivity contribution in [2.45, 2.75) is 38.8 Å². The van der Waals surface area contributed by atoms with Crippen molar-refractivity contribution in [3.63, 3.8) is 0 Å². The standard InChI is InChI=1S/C20H34ClN5OS.HI/c1-2-22-20(23-8-3-9-24-10-6-17(27)7-11-24)26-14-12-25(13-15-26)16-18-4-5-19(21)28-18;/h4-5,17,27H,2-3,6-16H2,1H3,(H,22,23);1H. The van der Waals surface area contributed by atoms with Crippen LogP contribution in [0.5, 0.6) is 0 Å². The van der Waals surface area contributed by atoms with Gasteiger partial charge in [0.2, 0.25) is 0 Å². The largest absolute Gasteiger partial charge is 0.393 e. The molecule has 2 saturated heterocycles. The number of halogens is 2. The van der Waals surface area contributed by atoms with Crippen LogP contribution in [-0.2, 0) is 6.54 Å². The summed E-state index contributed by atoms with van der Waals surface area (Å²) in [7, 11) is 0. The highest BCUT2D eigenvalue weighted by molar-refractivity contribution is 14.0. The number of guanidine groups is 1. The quantitative estimate of drug-likeness (QED) is 0.235. The topological polar surface area (TPSA) is 54.3 Å². The van der Waals surface area contributed by atoms with Crippen molar-refractivity contribution in [1.82, 2.24) is 20.0 Å². The molecule has 0 aliphatic carbocycles. The first-order valence-corrected chi connectivity index (χ1v) is 11.7. The van der Waals surface area contributed by atoms with E-state index in [4.69, 9.17) is 16.6 Å². The minimum Gasteiger partial charge on any atom is -0.393 e. The molecule has 0 amide bonds. The third-order valence-electron chi connectivity index (χ3n) is 5.47. The fourth-order valence-electron chi connectivity index (χ4n) is 3.82. The molecule has 2 N–H and O–H groups in total. The number of aliphatic imine (C=N–C) groups is 1. The summed E-state index contributed by atoms with van der Waals surface area (Å²) in [4.78, 5) is 13.5. The SMILES string of the molecule is CCNC(=NCCCN1CCC(O)CC1)N1CCN(Cc2ccc(Cl)s2)CC1.I. The second kappa shape index (κ2) is 13.3. The van der Waals surface area contributed by atoms with Crippen LogP contribution < -0.4 is 5.32 Å². The zero-order chi connectivity index (χ0) is 19.8. The Bertz CT molecular complexity index is 616. The van der Waals surface area contributed by atoms with Gasteiger partial charge < -0.3 is 20.2 Å². The van der Waals surface area contributed by atoms with Crippen LogP contribution in [0.4, 0.5) is 0 Å².